The molecule has 0 N–H and O–H groups in total. The van der Waals surface area contributed by atoms with Crippen molar-refractivity contribution in [1.82, 2.24) is 4.98 Å². The van der Waals surface area contributed by atoms with Gasteiger partial charge in [0, 0.05) is 18.8 Å². The lowest BCUT2D eigenvalue weighted by atomic mass is 10.2. The third-order valence-corrected chi connectivity index (χ3v) is 2.86. The van der Waals surface area contributed by atoms with Crippen LogP contribution in [0.4, 0.5) is 5.82 Å². The number of unbranched alkanes of at least 4 members (excludes halogenated alkanes) is 2. The van der Waals surface area contributed by atoms with E-state index < -0.39 is 0 Å². The van der Waals surface area contributed by atoms with E-state index in [0.717, 1.165) is 12.4 Å². The van der Waals surface area contributed by atoms with Crippen molar-refractivity contribution in [3.63, 3.8) is 0 Å². The second kappa shape index (κ2) is 6.74. The summed E-state index contributed by atoms with van der Waals surface area (Å²) in [5, 5.41) is 0.695. The third kappa shape index (κ3) is 4.01. The van der Waals surface area contributed by atoms with Crippen LogP contribution in [-0.2, 0) is 0 Å². The third-order valence-electron chi connectivity index (χ3n) is 2.63. The van der Waals surface area contributed by atoms with Gasteiger partial charge in [-0.05, 0) is 32.4 Å². The Labute approximate surface area is 104 Å². The SMILES string of the molecule is CCCCCN(c1ccc(Cl)cn1)C(C)C. The van der Waals surface area contributed by atoms with E-state index in [1.807, 2.05) is 12.1 Å². The van der Waals surface area contributed by atoms with Gasteiger partial charge in [-0.3, -0.25) is 0 Å². The first-order valence-electron chi connectivity index (χ1n) is 6.03. The average molecular weight is 241 g/mol. The van der Waals surface area contributed by atoms with Crippen LogP contribution in [-0.4, -0.2) is 17.6 Å². The predicted molar refractivity (Wildman–Crippen MR) is 71.3 cm³/mol. The second-order valence-electron chi connectivity index (χ2n) is 4.33. The van der Waals surface area contributed by atoms with E-state index in [-0.39, 0.29) is 0 Å². The first kappa shape index (κ1) is 13.3. The Kier molecular flexibility index (Phi) is 5.61. The van der Waals surface area contributed by atoms with Gasteiger partial charge in [0.1, 0.15) is 5.82 Å². The highest BCUT2D eigenvalue weighted by Crippen LogP contribution is 2.17. The number of hydrogen-bond donors (Lipinski definition) is 0. The van der Waals surface area contributed by atoms with Crippen molar-refractivity contribution in [2.75, 3.05) is 11.4 Å². The summed E-state index contributed by atoms with van der Waals surface area (Å²) < 4.78 is 0. The molecule has 1 aromatic heterocycles. The molecule has 2 nitrogen and oxygen atoms in total. The van der Waals surface area contributed by atoms with Crippen molar-refractivity contribution in [1.29, 1.82) is 0 Å². The lowest BCUT2D eigenvalue weighted by Crippen LogP contribution is -2.32. The summed E-state index contributed by atoms with van der Waals surface area (Å²) in [5.74, 6) is 1.02. The highest BCUT2D eigenvalue weighted by atomic mass is 35.5. The Morgan fingerprint density at radius 2 is 2.06 bits per heavy atom. The van der Waals surface area contributed by atoms with E-state index in [9.17, 15) is 0 Å². The molecule has 1 rings (SSSR count). The average Bonchev–Trinajstić information content (AvgIpc) is 2.26. The molecule has 1 heterocycles. The maximum atomic E-state index is 5.84. The summed E-state index contributed by atoms with van der Waals surface area (Å²) in [6.45, 7) is 7.69. The van der Waals surface area contributed by atoms with Crippen molar-refractivity contribution in [2.45, 2.75) is 46.1 Å². The van der Waals surface area contributed by atoms with Gasteiger partial charge in [-0.25, -0.2) is 4.98 Å². The van der Waals surface area contributed by atoms with Crippen molar-refractivity contribution in [3.8, 4) is 0 Å². The lowest BCUT2D eigenvalue weighted by molar-refractivity contribution is 0.620. The predicted octanol–water partition coefficient (Wildman–Crippen LogP) is 4.14. The van der Waals surface area contributed by atoms with Crippen molar-refractivity contribution < 1.29 is 0 Å². The molecule has 0 aliphatic heterocycles. The summed E-state index contributed by atoms with van der Waals surface area (Å²) in [4.78, 5) is 6.70. The standard InChI is InChI=1S/C13H21ClN2/c1-4-5-6-9-16(11(2)3)13-8-7-12(14)10-15-13/h7-8,10-11H,4-6,9H2,1-3H3. The summed E-state index contributed by atoms with van der Waals surface area (Å²) in [6.07, 6.45) is 5.46. The highest BCUT2D eigenvalue weighted by molar-refractivity contribution is 6.30. The summed E-state index contributed by atoms with van der Waals surface area (Å²) >= 11 is 5.84. The molecule has 0 aliphatic rings. The highest BCUT2D eigenvalue weighted by Gasteiger charge is 2.10. The molecule has 0 aromatic carbocycles. The number of nitrogens with zero attached hydrogens (tertiary/aromatic N) is 2. The largest absolute Gasteiger partial charge is 0.354 e. The van der Waals surface area contributed by atoms with Gasteiger partial charge in [-0.15, -0.1) is 0 Å². The molecule has 0 fully saturated rings. The van der Waals surface area contributed by atoms with Crippen LogP contribution in [0.5, 0.6) is 0 Å². The van der Waals surface area contributed by atoms with Crippen molar-refractivity contribution >= 4 is 17.4 Å². The first-order valence-corrected chi connectivity index (χ1v) is 6.41. The Hall–Kier alpha value is -0.760. The lowest BCUT2D eigenvalue weighted by Gasteiger charge is -2.27. The number of anilines is 1. The minimum Gasteiger partial charge on any atom is -0.354 e. The van der Waals surface area contributed by atoms with E-state index in [0.29, 0.717) is 11.1 Å². The summed E-state index contributed by atoms with van der Waals surface area (Å²) in [6, 6.07) is 4.37. The minimum atomic E-state index is 0.477. The van der Waals surface area contributed by atoms with E-state index in [1.54, 1.807) is 6.20 Å². The molecular weight excluding hydrogens is 220 g/mol. The quantitative estimate of drug-likeness (QED) is 0.695. The maximum absolute atomic E-state index is 5.84. The van der Waals surface area contributed by atoms with Crippen LogP contribution in [0.25, 0.3) is 0 Å². The number of halogens is 1. The number of rotatable bonds is 6. The van der Waals surface area contributed by atoms with Gasteiger partial charge in [-0.2, -0.15) is 0 Å². The van der Waals surface area contributed by atoms with Gasteiger partial charge in [0.15, 0.2) is 0 Å². The van der Waals surface area contributed by atoms with Crippen LogP contribution in [0.1, 0.15) is 40.0 Å². The molecule has 0 aliphatic carbocycles. The molecule has 0 atom stereocenters. The monoisotopic (exact) mass is 240 g/mol. The van der Waals surface area contributed by atoms with Crippen LogP contribution >= 0.6 is 11.6 Å². The van der Waals surface area contributed by atoms with Gasteiger partial charge in [0.25, 0.3) is 0 Å². The first-order chi connectivity index (χ1) is 7.65. The van der Waals surface area contributed by atoms with E-state index in [4.69, 9.17) is 11.6 Å². The molecule has 0 bridgehead atoms. The van der Waals surface area contributed by atoms with Crippen molar-refractivity contribution in [3.05, 3.63) is 23.4 Å². The zero-order chi connectivity index (χ0) is 12.0. The molecule has 0 amide bonds. The topological polar surface area (TPSA) is 16.1 Å². The molecular formula is C13H21ClN2. The molecule has 1 aromatic rings. The molecule has 0 saturated heterocycles. The fourth-order valence-electron chi connectivity index (χ4n) is 1.71. The zero-order valence-corrected chi connectivity index (χ0v) is 11.2. The Morgan fingerprint density at radius 1 is 1.31 bits per heavy atom. The Morgan fingerprint density at radius 3 is 2.56 bits per heavy atom. The summed E-state index contributed by atoms with van der Waals surface area (Å²) in [7, 11) is 0. The normalized spacial score (nSPS) is 10.8. The molecule has 0 unspecified atom stereocenters. The second-order valence-corrected chi connectivity index (χ2v) is 4.77. The smallest absolute Gasteiger partial charge is 0.128 e. The minimum absolute atomic E-state index is 0.477. The van der Waals surface area contributed by atoms with Crippen molar-refractivity contribution in [2.24, 2.45) is 0 Å². The van der Waals surface area contributed by atoms with Crippen LogP contribution in [0.2, 0.25) is 5.02 Å². The number of aromatic nitrogens is 1. The van der Waals surface area contributed by atoms with Gasteiger partial charge in [0.2, 0.25) is 0 Å². The molecule has 0 spiro atoms. The molecule has 0 radical (unpaired) electrons. The molecule has 0 saturated carbocycles. The Bertz CT molecular complexity index is 295. The Balaban J connectivity index is 2.65. The van der Waals surface area contributed by atoms with E-state index in [1.165, 1.54) is 19.3 Å². The van der Waals surface area contributed by atoms with E-state index in [2.05, 4.69) is 30.7 Å². The fourth-order valence-corrected chi connectivity index (χ4v) is 1.82. The van der Waals surface area contributed by atoms with Gasteiger partial charge >= 0.3 is 0 Å². The molecule has 3 heteroatoms. The summed E-state index contributed by atoms with van der Waals surface area (Å²) in [5.41, 5.74) is 0. The van der Waals surface area contributed by atoms with Gasteiger partial charge < -0.3 is 4.90 Å². The zero-order valence-electron chi connectivity index (χ0n) is 10.4. The molecule has 90 valence electrons. The fraction of sp³-hybridized carbons (Fsp3) is 0.615. The van der Waals surface area contributed by atoms with Crippen LogP contribution in [0.3, 0.4) is 0 Å². The van der Waals surface area contributed by atoms with Gasteiger partial charge in [-0.1, -0.05) is 31.4 Å². The molecule has 16 heavy (non-hydrogen) atoms. The van der Waals surface area contributed by atoms with E-state index >= 15 is 0 Å². The number of pyridine rings is 1. The van der Waals surface area contributed by atoms with Crippen LogP contribution in [0, 0.1) is 0 Å². The number of hydrogen-bond acceptors (Lipinski definition) is 2. The van der Waals surface area contributed by atoms with Crippen LogP contribution < -0.4 is 4.90 Å². The van der Waals surface area contributed by atoms with Gasteiger partial charge in [0.05, 0.1) is 5.02 Å². The maximum Gasteiger partial charge on any atom is 0.128 e. The van der Waals surface area contributed by atoms with Crippen LogP contribution in [0.15, 0.2) is 18.3 Å².